The molecule has 0 aromatic carbocycles. The molecule has 1 heterocycles. The van der Waals surface area contributed by atoms with Crippen molar-refractivity contribution in [1.82, 2.24) is 10.2 Å². The highest BCUT2D eigenvalue weighted by atomic mass is 16.3. The van der Waals surface area contributed by atoms with Crippen LogP contribution in [0.5, 0.6) is 0 Å². The van der Waals surface area contributed by atoms with Gasteiger partial charge in [0.1, 0.15) is 11.5 Å². The van der Waals surface area contributed by atoms with E-state index in [9.17, 15) is 0 Å². The van der Waals surface area contributed by atoms with Crippen LogP contribution in [-0.2, 0) is 13.1 Å². The summed E-state index contributed by atoms with van der Waals surface area (Å²) in [7, 11) is 0. The minimum absolute atomic E-state index is 0.745. The molecule has 2 rings (SSSR count). The summed E-state index contributed by atoms with van der Waals surface area (Å²) in [5, 5.41) is 3.54. The number of hydrogen-bond acceptors (Lipinski definition) is 3. The Bertz CT molecular complexity index is 407. The monoisotopic (exact) mass is 262 g/mol. The van der Waals surface area contributed by atoms with Crippen LogP contribution in [0.2, 0.25) is 0 Å². The van der Waals surface area contributed by atoms with Crippen molar-refractivity contribution in [2.24, 2.45) is 0 Å². The first kappa shape index (κ1) is 14.4. The van der Waals surface area contributed by atoms with E-state index in [0.717, 1.165) is 50.2 Å². The molecule has 0 bridgehead atoms. The van der Waals surface area contributed by atoms with Crippen LogP contribution in [0.4, 0.5) is 0 Å². The van der Waals surface area contributed by atoms with E-state index >= 15 is 0 Å². The zero-order valence-electron chi connectivity index (χ0n) is 12.2. The van der Waals surface area contributed by atoms with E-state index in [-0.39, 0.29) is 0 Å². The van der Waals surface area contributed by atoms with Crippen LogP contribution in [0, 0.1) is 6.92 Å². The highest BCUT2D eigenvalue weighted by molar-refractivity contribution is 5.21. The Hall–Kier alpha value is -1.06. The van der Waals surface area contributed by atoms with Crippen LogP contribution >= 0.6 is 0 Å². The number of hydrogen-bond donors (Lipinski definition) is 1. The van der Waals surface area contributed by atoms with Gasteiger partial charge in [-0.15, -0.1) is 6.58 Å². The average Bonchev–Trinajstić information content (AvgIpc) is 3.13. The molecule has 3 heteroatoms. The Balaban J connectivity index is 1.90. The van der Waals surface area contributed by atoms with Crippen LogP contribution < -0.4 is 5.32 Å². The van der Waals surface area contributed by atoms with Gasteiger partial charge in [0.2, 0.25) is 0 Å². The molecule has 0 amide bonds. The van der Waals surface area contributed by atoms with Gasteiger partial charge >= 0.3 is 0 Å². The second-order valence-electron chi connectivity index (χ2n) is 5.47. The second kappa shape index (κ2) is 6.92. The summed E-state index contributed by atoms with van der Waals surface area (Å²) in [6, 6.07) is 2.95. The van der Waals surface area contributed by atoms with Crippen molar-refractivity contribution < 1.29 is 4.42 Å². The lowest BCUT2D eigenvalue weighted by Crippen LogP contribution is -2.23. The molecular weight excluding hydrogens is 236 g/mol. The summed E-state index contributed by atoms with van der Waals surface area (Å²) < 4.78 is 5.87. The zero-order valence-corrected chi connectivity index (χ0v) is 12.2. The Morgan fingerprint density at radius 1 is 1.53 bits per heavy atom. The summed E-state index contributed by atoms with van der Waals surface area (Å²) in [6.07, 6.45) is 5.77. The highest BCUT2D eigenvalue weighted by Crippen LogP contribution is 2.21. The number of aryl methyl sites for hydroxylation is 1. The van der Waals surface area contributed by atoms with Crippen molar-refractivity contribution in [1.29, 1.82) is 0 Å². The molecular formula is C16H26N2O. The van der Waals surface area contributed by atoms with E-state index in [2.05, 4.69) is 36.7 Å². The second-order valence-corrected chi connectivity index (χ2v) is 5.47. The van der Waals surface area contributed by atoms with E-state index < -0.39 is 0 Å². The van der Waals surface area contributed by atoms with E-state index in [4.69, 9.17) is 4.42 Å². The zero-order chi connectivity index (χ0) is 13.7. The number of nitrogens with one attached hydrogen (secondary N) is 1. The molecule has 1 aliphatic rings. The first-order valence-electron chi connectivity index (χ1n) is 7.37. The largest absolute Gasteiger partial charge is 0.465 e. The molecule has 0 aliphatic heterocycles. The van der Waals surface area contributed by atoms with Crippen molar-refractivity contribution in [3.05, 3.63) is 35.8 Å². The van der Waals surface area contributed by atoms with E-state index in [1.54, 1.807) is 0 Å². The summed E-state index contributed by atoms with van der Waals surface area (Å²) in [5.41, 5.74) is 1.30. The Morgan fingerprint density at radius 3 is 2.95 bits per heavy atom. The molecule has 1 fully saturated rings. The van der Waals surface area contributed by atoms with Gasteiger partial charge in [-0.1, -0.05) is 13.0 Å². The molecule has 3 nitrogen and oxygen atoms in total. The fraction of sp³-hybridized carbons (Fsp3) is 0.625. The maximum atomic E-state index is 5.87. The molecule has 0 saturated heterocycles. The van der Waals surface area contributed by atoms with Crippen LogP contribution in [0.3, 0.4) is 0 Å². The molecule has 0 radical (unpaired) electrons. The maximum Gasteiger partial charge on any atom is 0.118 e. The van der Waals surface area contributed by atoms with Gasteiger partial charge in [0.25, 0.3) is 0 Å². The molecule has 1 aromatic heterocycles. The first-order chi connectivity index (χ1) is 9.22. The summed E-state index contributed by atoms with van der Waals surface area (Å²) in [5.74, 6) is 2.12. The van der Waals surface area contributed by atoms with Crippen molar-refractivity contribution in [3.63, 3.8) is 0 Å². The first-order valence-corrected chi connectivity index (χ1v) is 7.37. The number of rotatable bonds is 9. The average molecular weight is 262 g/mol. The van der Waals surface area contributed by atoms with Gasteiger partial charge in [-0.2, -0.15) is 0 Å². The predicted octanol–water partition coefficient (Wildman–Crippen LogP) is 3.24. The standard InChI is InChI=1S/C16H26N2O/c1-4-8-18(9-5-2)12-16-10-14(13(3)19-16)11-17-15-6-7-15/h4,10,15,17H,1,5-9,11-12H2,2-3H3. The lowest BCUT2D eigenvalue weighted by Gasteiger charge is -2.17. The Labute approximate surface area is 116 Å². The molecule has 1 N–H and O–H groups in total. The van der Waals surface area contributed by atoms with Gasteiger partial charge in [0.05, 0.1) is 6.54 Å². The quantitative estimate of drug-likeness (QED) is 0.693. The smallest absolute Gasteiger partial charge is 0.118 e. The molecule has 1 aliphatic carbocycles. The van der Waals surface area contributed by atoms with Crippen molar-refractivity contribution in [2.45, 2.75) is 52.2 Å². The molecule has 1 aromatic rings. The SMILES string of the molecule is C=CCN(CCC)Cc1cc(CNC2CC2)c(C)o1. The van der Waals surface area contributed by atoms with Crippen molar-refractivity contribution in [2.75, 3.05) is 13.1 Å². The molecule has 0 spiro atoms. The van der Waals surface area contributed by atoms with Crippen molar-refractivity contribution >= 4 is 0 Å². The summed E-state index contributed by atoms with van der Waals surface area (Å²) in [6.45, 7) is 11.9. The van der Waals surface area contributed by atoms with Crippen LogP contribution in [0.1, 0.15) is 43.3 Å². The molecule has 0 atom stereocenters. The fourth-order valence-electron chi connectivity index (χ4n) is 2.34. The normalized spacial score (nSPS) is 15.1. The van der Waals surface area contributed by atoms with Gasteiger partial charge < -0.3 is 9.73 Å². The van der Waals surface area contributed by atoms with Crippen LogP contribution in [0.25, 0.3) is 0 Å². The highest BCUT2D eigenvalue weighted by Gasteiger charge is 2.21. The maximum absolute atomic E-state index is 5.87. The third kappa shape index (κ3) is 4.51. The molecule has 0 unspecified atom stereocenters. The van der Waals surface area contributed by atoms with E-state index in [1.165, 1.54) is 18.4 Å². The number of furan rings is 1. The van der Waals surface area contributed by atoms with Gasteiger partial charge in [-0.05, 0) is 38.8 Å². The van der Waals surface area contributed by atoms with Crippen LogP contribution in [0.15, 0.2) is 23.1 Å². The minimum atomic E-state index is 0.745. The van der Waals surface area contributed by atoms with E-state index in [1.807, 2.05) is 6.08 Å². The Morgan fingerprint density at radius 2 is 2.32 bits per heavy atom. The molecule has 106 valence electrons. The third-order valence-electron chi connectivity index (χ3n) is 3.54. The molecule has 1 saturated carbocycles. The lowest BCUT2D eigenvalue weighted by atomic mass is 10.2. The third-order valence-corrected chi connectivity index (χ3v) is 3.54. The molecule has 19 heavy (non-hydrogen) atoms. The fourth-order valence-corrected chi connectivity index (χ4v) is 2.34. The topological polar surface area (TPSA) is 28.4 Å². The van der Waals surface area contributed by atoms with Gasteiger partial charge in [-0.25, -0.2) is 0 Å². The summed E-state index contributed by atoms with van der Waals surface area (Å²) >= 11 is 0. The van der Waals surface area contributed by atoms with E-state index in [0.29, 0.717) is 0 Å². The predicted molar refractivity (Wildman–Crippen MR) is 79.1 cm³/mol. The lowest BCUT2D eigenvalue weighted by molar-refractivity contribution is 0.266. The minimum Gasteiger partial charge on any atom is -0.465 e. The van der Waals surface area contributed by atoms with Gasteiger partial charge in [0, 0.05) is 24.7 Å². The van der Waals surface area contributed by atoms with Crippen molar-refractivity contribution in [3.8, 4) is 0 Å². The van der Waals surface area contributed by atoms with Gasteiger partial charge in [0.15, 0.2) is 0 Å². The van der Waals surface area contributed by atoms with Crippen LogP contribution in [-0.4, -0.2) is 24.0 Å². The summed E-state index contributed by atoms with van der Waals surface area (Å²) in [4.78, 5) is 2.36. The Kier molecular flexibility index (Phi) is 5.23. The number of nitrogens with zero attached hydrogens (tertiary/aromatic N) is 1. The van der Waals surface area contributed by atoms with Gasteiger partial charge in [-0.3, -0.25) is 4.90 Å².